The molecule has 1 saturated heterocycles. The summed E-state index contributed by atoms with van der Waals surface area (Å²) >= 11 is 0. The van der Waals surface area contributed by atoms with Gasteiger partial charge in [-0.1, -0.05) is 0 Å². The van der Waals surface area contributed by atoms with Gasteiger partial charge in [0.15, 0.2) is 0 Å². The minimum absolute atomic E-state index is 0.0734. The van der Waals surface area contributed by atoms with Crippen LogP contribution in [0.4, 0.5) is 8.78 Å². The maximum absolute atomic E-state index is 13.9. The molecule has 0 radical (unpaired) electrons. The third-order valence-corrected chi connectivity index (χ3v) is 5.97. The summed E-state index contributed by atoms with van der Waals surface area (Å²) in [6.45, 7) is 1.95. The zero-order valence-electron chi connectivity index (χ0n) is 16.8. The number of H-pyrrole nitrogens is 1. The van der Waals surface area contributed by atoms with E-state index in [1.54, 1.807) is 11.1 Å². The average molecular weight is 421 g/mol. The number of amides is 1. The molecule has 0 aliphatic carbocycles. The maximum atomic E-state index is 13.9. The van der Waals surface area contributed by atoms with E-state index in [2.05, 4.69) is 38.1 Å². The van der Waals surface area contributed by atoms with Crippen molar-refractivity contribution in [2.24, 2.45) is 5.92 Å². The molecule has 0 saturated carbocycles. The fourth-order valence-corrected chi connectivity index (χ4v) is 4.23. The number of hydrogen-bond donors (Lipinski definition) is 1. The van der Waals surface area contributed by atoms with E-state index in [0.29, 0.717) is 19.0 Å². The van der Waals surface area contributed by atoms with Crippen molar-refractivity contribution >= 4 is 16.8 Å². The predicted molar refractivity (Wildman–Crippen MR) is 112 cm³/mol. The highest BCUT2D eigenvalue weighted by Gasteiger charge is 2.26. The fraction of sp³-hybridized carbons (Fsp3) is 0.261. The van der Waals surface area contributed by atoms with Gasteiger partial charge in [-0.3, -0.25) is 14.9 Å². The van der Waals surface area contributed by atoms with E-state index in [0.717, 1.165) is 53.7 Å². The molecule has 1 aliphatic heterocycles. The van der Waals surface area contributed by atoms with E-state index in [1.807, 2.05) is 12.4 Å². The molecule has 31 heavy (non-hydrogen) atoms. The monoisotopic (exact) mass is 421 g/mol. The van der Waals surface area contributed by atoms with Crippen molar-refractivity contribution in [3.05, 3.63) is 72.3 Å². The SMILES string of the molecule is O=C(c1ccc(F)cc1F)N1CCC(Cn2ccc3cc(-c4cn[nH]c4)ncc32)CC1. The molecule has 5 rings (SSSR count). The van der Waals surface area contributed by atoms with E-state index in [1.165, 1.54) is 6.07 Å². The van der Waals surface area contributed by atoms with Gasteiger partial charge in [0.2, 0.25) is 0 Å². The minimum atomic E-state index is -0.812. The molecule has 3 aromatic heterocycles. The standard InChI is InChI=1S/C23H21F2N5O/c24-18-1-2-19(20(25)10-18)23(31)29-6-3-15(4-7-29)14-30-8-5-16-9-21(26-13-22(16)30)17-11-27-28-12-17/h1-2,5,8-13,15H,3-4,6-7,14H2,(H,27,28). The molecule has 8 heteroatoms. The van der Waals surface area contributed by atoms with Crippen molar-refractivity contribution in [3.63, 3.8) is 0 Å². The number of aromatic nitrogens is 4. The summed E-state index contributed by atoms with van der Waals surface area (Å²) in [4.78, 5) is 18.8. The Bertz CT molecular complexity index is 1230. The topological polar surface area (TPSA) is 66.8 Å². The Labute approximate surface area is 177 Å². The first-order valence-corrected chi connectivity index (χ1v) is 10.3. The normalized spacial score (nSPS) is 15.0. The number of carbonyl (C=O) groups excluding carboxylic acids is 1. The molecule has 6 nitrogen and oxygen atoms in total. The Morgan fingerprint density at radius 2 is 1.97 bits per heavy atom. The summed E-state index contributed by atoms with van der Waals surface area (Å²) in [6, 6.07) is 7.22. The summed E-state index contributed by atoms with van der Waals surface area (Å²) in [5.74, 6) is -1.46. The number of aromatic amines is 1. The number of nitrogens with one attached hydrogen (secondary N) is 1. The van der Waals surface area contributed by atoms with Crippen molar-refractivity contribution in [2.45, 2.75) is 19.4 Å². The second kappa shape index (κ2) is 7.94. The van der Waals surface area contributed by atoms with Gasteiger partial charge in [0.1, 0.15) is 11.6 Å². The average Bonchev–Trinajstić information content (AvgIpc) is 3.44. The fourth-order valence-electron chi connectivity index (χ4n) is 4.23. The summed E-state index contributed by atoms with van der Waals surface area (Å²) in [6.07, 6.45) is 9.17. The quantitative estimate of drug-likeness (QED) is 0.536. The molecule has 1 fully saturated rings. The van der Waals surface area contributed by atoms with Gasteiger partial charge in [-0.15, -0.1) is 0 Å². The van der Waals surface area contributed by atoms with E-state index < -0.39 is 11.6 Å². The highest BCUT2D eigenvalue weighted by Crippen LogP contribution is 2.26. The second-order valence-electron chi connectivity index (χ2n) is 7.94. The maximum Gasteiger partial charge on any atom is 0.256 e. The van der Waals surface area contributed by atoms with Crippen LogP contribution in [0.5, 0.6) is 0 Å². The molecular formula is C23H21F2N5O. The van der Waals surface area contributed by atoms with Gasteiger partial charge in [-0.05, 0) is 43.0 Å². The van der Waals surface area contributed by atoms with Gasteiger partial charge in [-0.25, -0.2) is 8.78 Å². The van der Waals surface area contributed by atoms with Gasteiger partial charge < -0.3 is 9.47 Å². The molecule has 0 unspecified atom stereocenters. The number of piperidine rings is 1. The molecule has 0 atom stereocenters. The predicted octanol–water partition coefficient (Wildman–Crippen LogP) is 4.26. The lowest BCUT2D eigenvalue weighted by molar-refractivity contribution is 0.0678. The van der Waals surface area contributed by atoms with Crippen LogP contribution in [0, 0.1) is 17.6 Å². The van der Waals surface area contributed by atoms with Crippen LogP contribution in [-0.4, -0.2) is 43.6 Å². The molecule has 4 heterocycles. The largest absolute Gasteiger partial charge is 0.346 e. The van der Waals surface area contributed by atoms with Gasteiger partial charge >= 0.3 is 0 Å². The van der Waals surface area contributed by atoms with Crippen LogP contribution in [0.2, 0.25) is 0 Å². The molecule has 0 spiro atoms. The Balaban J connectivity index is 1.24. The zero-order chi connectivity index (χ0) is 21.4. The molecule has 0 bridgehead atoms. The Morgan fingerprint density at radius 1 is 1.13 bits per heavy atom. The van der Waals surface area contributed by atoms with Gasteiger partial charge in [0.25, 0.3) is 5.91 Å². The number of halogens is 2. The van der Waals surface area contributed by atoms with Gasteiger partial charge in [0.05, 0.1) is 29.2 Å². The summed E-state index contributed by atoms with van der Waals surface area (Å²) < 4.78 is 29.3. The molecular weight excluding hydrogens is 400 g/mol. The molecule has 1 aromatic carbocycles. The van der Waals surface area contributed by atoms with Crippen molar-refractivity contribution in [2.75, 3.05) is 13.1 Å². The van der Waals surface area contributed by atoms with E-state index in [9.17, 15) is 13.6 Å². The van der Waals surface area contributed by atoms with Crippen LogP contribution in [0.15, 0.2) is 55.1 Å². The lowest BCUT2D eigenvalue weighted by Crippen LogP contribution is -2.39. The lowest BCUT2D eigenvalue weighted by Gasteiger charge is -2.32. The Morgan fingerprint density at radius 3 is 2.71 bits per heavy atom. The van der Waals surface area contributed by atoms with Crippen molar-refractivity contribution < 1.29 is 13.6 Å². The highest BCUT2D eigenvalue weighted by molar-refractivity contribution is 5.94. The number of benzene rings is 1. The van der Waals surface area contributed by atoms with Crippen LogP contribution < -0.4 is 0 Å². The first-order valence-electron chi connectivity index (χ1n) is 10.3. The summed E-state index contributed by atoms with van der Waals surface area (Å²) in [5.41, 5.74) is 2.82. The summed E-state index contributed by atoms with van der Waals surface area (Å²) in [5, 5.41) is 7.89. The zero-order valence-corrected chi connectivity index (χ0v) is 16.8. The first kappa shape index (κ1) is 19.4. The smallest absolute Gasteiger partial charge is 0.256 e. The molecule has 4 aromatic rings. The van der Waals surface area contributed by atoms with Gasteiger partial charge in [0, 0.05) is 49.0 Å². The molecule has 158 valence electrons. The number of rotatable bonds is 4. The number of pyridine rings is 1. The van der Waals surface area contributed by atoms with E-state index in [-0.39, 0.29) is 11.5 Å². The first-order chi connectivity index (χ1) is 15.1. The van der Waals surface area contributed by atoms with Crippen LogP contribution in [0.25, 0.3) is 22.2 Å². The number of likely N-dealkylation sites (tertiary alicyclic amines) is 1. The van der Waals surface area contributed by atoms with Crippen LogP contribution in [-0.2, 0) is 6.54 Å². The number of nitrogens with zero attached hydrogens (tertiary/aromatic N) is 4. The third-order valence-electron chi connectivity index (χ3n) is 5.97. The number of hydrogen-bond acceptors (Lipinski definition) is 3. The minimum Gasteiger partial charge on any atom is -0.346 e. The highest BCUT2D eigenvalue weighted by atomic mass is 19.1. The number of carbonyl (C=O) groups is 1. The van der Waals surface area contributed by atoms with Crippen LogP contribution in [0.3, 0.4) is 0 Å². The number of fused-ring (bicyclic) bond motifs is 1. The van der Waals surface area contributed by atoms with Crippen molar-refractivity contribution in [3.8, 4) is 11.3 Å². The Kier molecular flexibility index (Phi) is 4.97. The molecule has 1 N–H and O–H groups in total. The van der Waals surface area contributed by atoms with Crippen molar-refractivity contribution in [1.29, 1.82) is 0 Å². The molecule has 1 aliphatic rings. The second-order valence-corrected chi connectivity index (χ2v) is 7.94. The van der Waals surface area contributed by atoms with Crippen LogP contribution >= 0.6 is 0 Å². The van der Waals surface area contributed by atoms with Gasteiger partial charge in [-0.2, -0.15) is 5.10 Å². The Hall–Kier alpha value is -3.55. The van der Waals surface area contributed by atoms with E-state index in [4.69, 9.17) is 0 Å². The lowest BCUT2D eigenvalue weighted by atomic mass is 9.96. The van der Waals surface area contributed by atoms with Crippen molar-refractivity contribution in [1.82, 2.24) is 24.6 Å². The van der Waals surface area contributed by atoms with Crippen LogP contribution in [0.1, 0.15) is 23.2 Å². The summed E-state index contributed by atoms with van der Waals surface area (Å²) in [7, 11) is 0. The van der Waals surface area contributed by atoms with E-state index >= 15 is 0 Å². The molecule has 1 amide bonds. The third kappa shape index (κ3) is 3.81.